The fourth-order valence-corrected chi connectivity index (χ4v) is 0.903. The Morgan fingerprint density at radius 2 is 1.77 bits per heavy atom. The lowest BCUT2D eigenvalue weighted by atomic mass is 9.98. The van der Waals surface area contributed by atoms with E-state index in [9.17, 15) is 0 Å². The van der Waals surface area contributed by atoms with Gasteiger partial charge in [-0.1, -0.05) is 26.7 Å². The van der Waals surface area contributed by atoms with Gasteiger partial charge in [0, 0.05) is 13.1 Å². The third-order valence-electron chi connectivity index (χ3n) is 2.31. The average Bonchev–Trinajstić information content (AvgIpc) is 2.10. The molecular formula is C11H22N2. The van der Waals surface area contributed by atoms with E-state index >= 15 is 0 Å². The van der Waals surface area contributed by atoms with E-state index in [1.54, 1.807) is 0 Å². The highest BCUT2D eigenvalue weighted by atomic mass is 14.9. The molecule has 0 amide bonds. The molecule has 0 spiro atoms. The summed E-state index contributed by atoms with van der Waals surface area (Å²) in [6.07, 6.45) is 5.10. The Morgan fingerprint density at radius 3 is 2.31 bits per heavy atom. The van der Waals surface area contributed by atoms with Crippen LogP contribution in [0.3, 0.4) is 0 Å². The fraction of sp³-hybridized carbons (Fsp3) is 0.818. The normalized spacial score (nSPS) is 12.8. The average molecular weight is 182 g/mol. The molecule has 0 aromatic heterocycles. The van der Waals surface area contributed by atoms with Gasteiger partial charge in [-0.25, -0.2) is 0 Å². The molecule has 76 valence electrons. The quantitative estimate of drug-likeness (QED) is 0.455. The molecule has 0 bridgehead atoms. The molecule has 0 heterocycles. The second-order valence-electron chi connectivity index (χ2n) is 3.81. The molecule has 0 aliphatic rings. The van der Waals surface area contributed by atoms with E-state index in [1.165, 1.54) is 0 Å². The highest BCUT2D eigenvalue weighted by molar-refractivity contribution is 4.86. The first kappa shape index (κ1) is 12.5. The minimum absolute atomic E-state index is 0.668. The Balaban J connectivity index is 3.12. The molecular weight excluding hydrogens is 160 g/mol. The Morgan fingerprint density at radius 1 is 1.15 bits per heavy atom. The molecule has 0 fully saturated rings. The van der Waals surface area contributed by atoms with Crippen LogP contribution in [0.25, 0.3) is 0 Å². The van der Waals surface area contributed by atoms with Crippen molar-refractivity contribution < 1.29 is 0 Å². The van der Waals surface area contributed by atoms with Gasteiger partial charge in [-0.2, -0.15) is 0 Å². The van der Waals surface area contributed by atoms with Crippen molar-refractivity contribution >= 4 is 0 Å². The summed E-state index contributed by atoms with van der Waals surface area (Å²) in [4.78, 5) is 0. The lowest BCUT2D eigenvalue weighted by molar-refractivity contribution is 0.393. The van der Waals surface area contributed by atoms with Crippen LogP contribution in [-0.2, 0) is 0 Å². The van der Waals surface area contributed by atoms with Crippen molar-refractivity contribution in [3.63, 3.8) is 0 Å². The SMILES string of the molecule is C#CCNCCNCC(C)C(C)C. The van der Waals surface area contributed by atoms with Crippen molar-refractivity contribution in [2.75, 3.05) is 26.2 Å². The second-order valence-corrected chi connectivity index (χ2v) is 3.81. The van der Waals surface area contributed by atoms with E-state index in [-0.39, 0.29) is 0 Å². The molecule has 0 radical (unpaired) electrons. The first-order chi connectivity index (χ1) is 6.18. The Labute approximate surface area is 82.5 Å². The van der Waals surface area contributed by atoms with E-state index in [2.05, 4.69) is 37.3 Å². The van der Waals surface area contributed by atoms with E-state index in [1.807, 2.05) is 0 Å². The molecule has 1 atom stereocenters. The Hall–Kier alpha value is -0.520. The minimum Gasteiger partial charge on any atom is -0.315 e. The van der Waals surface area contributed by atoms with Gasteiger partial charge >= 0.3 is 0 Å². The standard InChI is InChI=1S/C11H22N2/c1-5-6-12-7-8-13-9-11(4)10(2)3/h1,10-13H,6-9H2,2-4H3. The van der Waals surface area contributed by atoms with Crippen molar-refractivity contribution in [1.82, 2.24) is 10.6 Å². The van der Waals surface area contributed by atoms with Gasteiger partial charge in [-0.15, -0.1) is 6.42 Å². The van der Waals surface area contributed by atoms with Crippen LogP contribution in [0.2, 0.25) is 0 Å². The molecule has 13 heavy (non-hydrogen) atoms. The number of hydrogen-bond donors (Lipinski definition) is 2. The zero-order chi connectivity index (χ0) is 10.1. The Kier molecular flexibility index (Phi) is 7.77. The number of nitrogens with one attached hydrogen (secondary N) is 2. The molecule has 0 aromatic carbocycles. The molecule has 2 nitrogen and oxygen atoms in total. The van der Waals surface area contributed by atoms with E-state index in [0.29, 0.717) is 6.54 Å². The summed E-state index contributed by atoms with van der Waals surface area (Å²) in [5, 5.41) is 6.53. The lowest BCUT2D eigenvalue weighted by Gasteiger charge is -2.15. The highest BCUT2D eigenvalue weighted by Gasteiger charge is 2.04. The van der Waals surface area contributed by atoms with Crippen LogP contribution in [0.5, 0.6) is 0 Å². The van der Waals surface area contributed by atoms with Crippen molar-refractivity contribution in [3.05, 3.63) is 0 Å². The highest BCUT2D eigenvalue weighted by Crippen LogP contribution is 2.06. The largest absolute Gasteiger partial charge is 0.315 e. The van der Waals surface area contributed by atoms with Crippen LogP contribution >= 0.6 is 0 Å². The molecule has 0 aromatic rings. The van der Waals surface area contributed by atoms with Gasteiger partial charge in [0.1, 0.15) is 0 Å². The van der Waals surface area contributed by atoms with Crippen molar-refractivity contribution in [3.8, 4) is 12.3 Å². The molecule has 2 N–H and O–H groups in total. The van der Waals surface area contributed by atoms with E-state index in [0.717, 1.165) is 31.5 Å². The van der Waals surface area contributed by atoms with Crippen molar-refractivity contribution in [1.29, 1.82) is 0 Å². The summed E-state index contributed by atoms with van der Waals surface area (Å²) in [6.45, 7) is 10.5. The van der Waals surface area contributed by atoms with Gasteiger partial charge in [0.05, 0.1) is 6.54 Å². The number of terminal acetylenes is 1. The summed E-state index contributed by atoms with van der Waals surface area (Å²) in [7, 11) is 0. The van der Waals surface area contributed by atoms with Crippen LogP contribution in [0.1, 0.15) is 20.8 Å². The first-order valence-electron chi connectivity index (χ1n) is 5.03. The predicted octanol–water partition coefficient (Wildman–Crippen LogP) is 1.09. The molecule has 1 unspecified atom stereocenters. The van der Waals surface area contributed by atoms with Crippen LogP contribution in [-0.4, -0.2) is 26.2 Å². The molecule has 0 aliphatic heterocycles. The van der Waals surface area contributed by atoms with Crippen molar-refractivity contribution in [2.45, 2.75) is 20.8 Å². The predicted molar refractivity (Wildman–Crippen MR) is 58.6 cm³/mol. The topological polar surface area (TPSA) is 24.1 Å². The molecule has 2 heteroatoms. The van der Waals surface area contributed by atoms with Gasteiger partial charge in [0.2, 0.25) is 0 Å². The molecule has 0 aliphatic carbocycles. The second kappa shape index (κ2) is 8.10. The number of rotatable bonds is 7. The fourth-order valence-electron chi connectivity index (χ4n) is 0.903. The summed E-state index contributed by atoms with van der Waals surface area (Å²) in [5.74, 6) is 4.05. The Bertz CT molecular complexity index is 147. The van der Waals surface area contributed by atoms with E-state index < -0.39 is 0 Å². The maximum atomic E-state index is 5.10. The molecule has 0 saturated heterocycles. The summed E-state index contributed by atoms with van der Waals surface area (Å²) < 4.78 is 0. The lowest BCUT2D eigenvalue weighted by Crippen LogP contribution is -2.31. The maximum Gasteiger partial charge on any atom is 0.0574 e. The zero-order valence-corrected chi connectivity index (χ0v) is 9.06. The smallest absolute Gasteiger partial charge is 0.0574 e. The van der Waals surface area contributed by atoms with Gasteiger partial charge in [0.25, 0.3) is 0 Å². The van der Waals surface area contributed by atoms with Crippen molar-refractivity contribution in [2.24, 2.45) is 11.8 Å². The van der Waals surface area contributed by atoms with Gasteiger partial charge in [-0.3, -0.25) is 0 Å². The summed E-state index contributed by atoms with van der Waals surface area (Å²) in [6, 6.07) is 0. The van der Waals surface area contributed by atoms with Gasteiger partial charge < -0.3 is 10.6 Å². The number of hydrogen-bond acceptors (Lipinski definition) is 2. The first-order valence-corrected chi connectivity index (χ1v) is 5.03. The molecule has 0 saturated carbocycles. The van der Waals surface area contributed by atoms with Crippen LogP contribution < -0.4 is 10.6 Å². The minimum atomic E-state index is 0.668. The van der Waals surface area contributed by atoms with Crippen LogP contribution in [0.15, 0.2) is 0 Å². The third kappa shape index (κ3) is 7.83. The third-order valence-corrected chi connectivity index (χ3v) is 2.31. The van der Waals surface area contributed by atoms with Gasteiger partial charge in [-0.05, 0) is 18.4 Å². The van der Waals surface area contributed by atoms with E-state index in [4.69, 9.17) is 6.42 Å². The summed E-state index contributed by atoms with van der Waals surface area (Å²) in [5.41, 5.74) is 0. The molecule has 0 rings (SSSR count). The monoisotopic (exact) mass is 182 g/mol. The zero-order valence-electron chi connectivity index (χ0n) is 9.06. The van der Waals surface area contributed by atoms with Crippen LogP contribution in [0.4, 0.5) is 0 Å². The maximum absolute atomic E-state index is 5.10. The van der Waals surface area contributed by atoms with Gasteiger partial charge in [0.15, 0.2) is 0 Å². The van der Waals surface area contributed by atoms with Crippen LogP contribution in [0, 0.1) is 24.2 Å². The summed E-state index contributed by atoms with van der Waals surface area (Å²) >= 11 is 0.